The number of hydrogen-bond acceptors (Lipinski definition) is 8. The first kappa shape index (κ1) is 24.7. The highest BCUT2D eigenvalue weighted by molar-refractivity contribution is 6.31. The van der Waals surface area contributed by atoms with Gasteiger partial charge in [-0.15, -0.1) is 0 Å². The molecule has 1 aliphatic carbocycles. The van der Waals surface area contributed by atoms with Crippen LogP contribution in [0, 0.1) is 0 Å². The monoisotopic (exact) mass is 503 g/mol. The van der Waals surface area contributed by atoms with Crippen LogP contribution in [0.25, 0.3) is 0 Å². The summed E-state index contributed by atoms with van der Waals surface area (Å²) in [6.45, 7) is 1.28. The van der Waals surface area contributed by atoms with Crippen LogP contribution in [-0.4, -0.2) is 66.4 Å². The highest BCUT2D eigenvalue weighted by atomic mass is 35.5. The van der Waals surface area contributed by atoms with Crippen molar-refractivity contribution >= 4 is 41.7 Å². The van der Waals surface area contributed by atoms with Gasteiger partial charge in [0.1, 0.15) is 11.9 Å². The number of fused-ring (bicyclic) bond motifs is 2. The Hall–Kier alpha value is -3.41. The maximum Gasteiger partial charge on any atom is 0.416 e. The van der Waals surface area contributed by atoms with Crippen molar-refractivity contribution in [2.75, 3.05) is 36.5 Å². The fourth-order valence-electron chi connectivity index (χ4n) is 4.46. The molecule has 3 aliphatic rings. The largest absolute Gasteiger partial charge is 0.483 e. The van der Waals surface area contributed by atoms with E-state index in [1.807, 2.05) is 12.1 Å². The first-order valence-corrected chi connectivity index (χ1v) is 11.5. The van der Waals surface area contributed by atoms with Crippen molar-refractivity contribution in [3.05, 3.63) is 46.5 Å². The summed E-state index contributed by atoms with van der Waals surface area (Å²) in [5.74, 6) is 0.909. The van der Waals surface area contributed by atoms with E-state index in [9.17, 15) is 9.59 Å². The van der Waals surface area contributed by atoms with Crippen LogP contribution in [0.3, 0.4) is 0 Å². The number of carbonyl (C=O) groups is 3. The molecule has 2 amide bonds. The summed E-state index contributed by atoms with van der Waals surface area (Å²) in [5, 5.41) is 13.7. The van der Waals surface area contributed by atoms with Gasteiger partial charge in [-0.3, -0.25) is 14.5 Å². The molecule has 3 heterocycles. The Balaban J connectivity index is 0.000000917. The number of nitrogens with zero attached hydrogens (tertiary/aromatic N) is 2. The highest BCUT2D eigenvalue weighted by Crippen LogP contribution is 2.35. The summed E-state index contributed by atoms with van der Waals surface area (Å²) >= 11 is 6.31. The van der Waals surface area contributed by atoms with Gasteiger partial charge in [0.15, 0.2) is 18.2 Å². The third-order valence-corrected chi connectivity index (χ3v) is 6.42. The molecule has 186 valence electrons. The van der Waals surface area contributed by atoms with Crippen LogP contribution in [0.2, 0.25) is 5.02 Å². The first-order valence-electron chi connectivity index (χ1n) is 11.1. The third-order valence-electron chi connectivity index (χ3n) is 6.07. The third kappa shape index (κ3) is 5.64. The molecular weight excluding hydrogens is 478 g/mol. The lowest BCUT2D eigenvalue weighted by Gasteiger charge is -2.24. The predicted molar refractivity (Wildman–Crippen MR) is 128 cm³/mol. The first-order chi connectivity index (χ1) is 16.8. The number of amides is 2. The molecule has 12 heteroatoms. The van der Waals surface area contributed by atoms with Crippen molar-refractivity contribution in [1.29, 1.82) is 0 Å². The lowest BCUT2D eigenvalue weighted by molar-refractivity contribution is -0.123. The second-order valence-electron chi connectivity index (χ2n) is 8.62. The number of benzene rings is 1. The van der Waals surface area contributed by atoms with Crippen LogP contribution in [0.15, 0.2) is 30.3 Å². The molecule has 1 fully saturated rings. The van der Waals surface area contributed by atoms with E-state index in [1.54, 1.807) is 12.1 Å². The van der Waals surface area contributed by atoms with E-state index in [2.05, 4.69) is 21.7 Å². The lowest BCUT2D eigenvalue weighted by atomic mass is 9.93. The predicted octanol–water partition coefficient (Wildman–Crippen LogP) is 1.57. The second kappa shape index (κ2) is 10.5. The van der Waals surface area contributed by atoms with Crippen molar-refractivity contribution < 1.29 is 29.0 Å². The Morgan fingerprint density at radius 3 is 2.89 bits per heavy atom. The highest BCUT2D eigenvalue weighted by Gasteiger charge is 2.36. The minimum atomic E-state index is -0.469. The van der Waals surface area contributed by atoms with Crippen molar-refractivity contribution in [3.63, 3.8) is 0 Å². The number of pyridine rings is 1. The lowest BCUT2D eigenvalue weighted by Crippen LogP contribution is -2.44. The smallest absolute Gasteiger partial charge is 0.416 e. The molecule has 1 aromatic heterocycles. The van der Waals surface area contributed by atoms with Gasteiger partial charge in [0.2, 0.25) is 0 Å². The molecule has 0 radical (unpaired) electrons. The second-order valence-corrected chi connectivity index (χ2v) is 9.03. The van der Waals surface area contributed by atoms with Gasteiger partial charge in [-0.05, 0) is 55.1 Å². The van der Waals surface area contributed by atoms with Gasteiger partial charge in [0.05, 0.1) is 6.54 Å². The number of ether oxygens (including phenoxy) is 2. The zero-order valence-corrected chi connectivity index (χ0v) is 19.6. The number of cyclic esters (lactones) is 1. The van der Waals surface area contributed by atoms with E-state index in [1.165, 1.54) is 10.5 Å². The SMILES string of the molecule is NC1(CCNCC2CN(c3ccc4c(n3)NC(=O)CO4)C(=O)O2)Cc2cccc(Cl)c2C1.O=CO. The molecule has 0 bridgehead atoms. The quantitative estimate of drug-likeness (QED) is 0.339. The van der Waals surface area contributed by atoms with E-state index in [-0.39, 0.29) is 30.6 Å². The van der Waals surface area contributed by atoms with Crippen LogP contribution >= 0.6 is 11.6 Å². The van der Waals surface area contributed by atoms with Crippen LogP contribution in [0.1, 0.15) is 17.5 Å². The Kier molecular flexibility index (Phi) is 7.39. The fraction of sp³-hybridized carbons (Fsp3) is 0.391. The molecule has 2 aliphatic heterocycles. The van der Waals surface area contributed by atoms with Crippen LogP contribution in [0.5, 0.6) is 5.75 Å². The van der Waals surface area contributed by atoms with Gasteiger partial charge in [0, 0.05) is 17.1 Å². The van der Waals surface area contributed by atoms with Crippen molar-refractivity contribution in [2.24, 2.45) is 5.73 Å². The van der Waals surface area contributed by atoms with Gasteiger partial charge in [0.25, 0.3) is 12.4 Å². The number of anilines is 2. The van der Waals surface area contributed by atoms with Crippen molar-refractivity contribution in [3.8, 4) is 5.75 Å². The molecule has 35 heavy (non-hydrogen) atoms. The van der Waals surface area contributed by atoms with Gasteiger partial charge in [-0.2, -0.15) is 0 Å². The summed E-state index contributed by atoms with van der Waals surface area (Å²) in [7, 11) is 0. The average molecular weight is 504 g/mol. The molecule has 2 unspecified atom stereocenters. The van der Waals surface area contributed by atoms with Crippen LogP contribution < -0.4 is 26.0 Å². The normalized spacial score (nSPS) is 22.2. The van der Waals surface area contributed by atoms with Crippen LogP contribution in [-0.2, 0) is 27.2 Å². The Morgan fingerprint density at radius 1 is 1.31 bits per heavy atom. The zero-order chi connectivity index (χ0) is 25.0. The molecule has 1 aromatic carbocycles. The summed E-state index contributed by atoms with van der Waals surface area (Å²) in [6.07, 6.45) is 1.58. The Morgan fingerprint density at radius 2 is 2.11 bits per heavy atom. The van der Waals surface area contributed by atoms with Crippen molar-refractivity contribution in [2.45, 2.75) is 30.9 Å². The standard InChI is InChI=1S/C22H24ClN5O4.CH2O2/c23-16-3-1-2-13-8-22(24,9-15(13)16)6-7-25-10-14-11-28(21(30)32-14)18-5-4-17-20(26-18)27-19(29)12-31-17;2-1-3/h1-5,14,25H,6-12,24H2,(H,26,27,29);1H,(H,2,3). The molecule has 5 N–H and O–H groups in total. The maximum atomic E-state index is 12.4. The molecule has 1 saturated heterocycles. The molecular formula is C23H26ClN5O6. The van der Waals surface area contributed by atoms with E-state index < -0.39 is 6.09 Å². The number of rotatable bonds is 6. The molecule has 0 spiro atoms. The molecule has 5 rings (SSSR count). The zero-order valence-electron chi connectivity index (χ0n) is 18.8. The molecule has 0 saturated carbocycles. The average Bonchev–Trinajstić information content (AvgIpc) is 3.37. The number of halogens is 1. The van der Waals surface area contributed by atoms with Gasteiger partial charge in [-0.25, -0.2) is 9.78 Å². The topological polar surface area (TPSA) is 156 Å². The van der Waals surface area contributed by atoms with E-state index in [4.69, 9.17) is 36.7 Å². The number of hydrogen-bond donors (Lipinski definition) is 4. The van der Waals surface area contributed by atoms with Crippen LogP contribution in [0.4, 0.5) is 16.4 Å². The molecule has 2 atom stereocenters. The molecule has 2 aromatic rings. The minimum Gasteiger partial charge on any atom is -0.483 e. The van der Waals surface area contributed by atoms with E-state index in [0.717, 1.165) is 29.8 Å². The number of carbonyl (C=O) groups excluding carboxylic acids is 2. The summed E-state index contributed by atoms with van der Waals surface area (Å²) in [5.41, 5.74) is 8.67. The summed E-state index contributed by atoms with van der Waals surface area (Å²) < 4.78 is 10.8. The number of nitrogens with two attached hydrogens (primary N) is 1. The maximum absolute atomic E-state index is 12.4. The van der Waals surface area contributed by atoms with E-state index >= 15 is 0 Å². The van der Waals surface area contributed by atoms with Gasteiger partial charge >= 0.3 is 6.09 Å². The van der Waals surface area contributed by atoms with E-state index in [0.29, 0.717) is 37.0 Å². The number of carboxylic acid groups (broad SMARTS) is 1. The molecule has 11 nitrogen and oxygen atoms in total. The fourth-order valence-corrected chi connectivity index (χ4v) is 4.72. The Labute approximate surface area is 206 Å². The van der Waals surface area contributed by atoms with Crippen molar-refractivity contribution in [1.82, 2.24) is 10.3 Å². The summed E-state index contributed by atoms with van der Waals surface area (Å²) in [6, 6.07) is 9.31. The number of aromatic nitrogens is 1. The number of nitrogens with one attached hydrogen (secondary N) is 2. The Bertz CT molecular complexity index is 1130. The minimum absolute atomic E-state index is 0.0449. The summed E-state index contributed by atoms with van der Waals surface area (Å²) in [4.78, 5) is 38.0. The van der Waals surface area contributed by atoms with Gasteiger partial charge < -0.3 is 30.9 Å². The van der Waals surface area contributed by atoms with Gasteiger partial charge in [-0.1, -0.05) is 23.7 Å².